The van der Waals surface area contributed by atoms with Crippen LogP contribution in [0.25, 0.3) is 0 Å². The zero-order valence-corrected chi connectivity index (χ0v) is 13.6. The molecular formula is C16H24IN. The van der Waals surface area contributed by atoms with Crippen molar-refractivity contribution in [3.05, 3.63) is 33.4 Å². The van der Waals surface area contributed by atoms with Gasteiger partial charge in [-0.25, -0.2) is 0 Å². The number of rotatable bonds is 4. The molecule has 0 amide bonds. The van der Waals surface area contributed by atoms with Crippen LogP contribution in [-0.4, -0.2) is 12.6 Å². The second-order valence-electron chi connectivity index (χ2n) is 5.67. The van der Waals surface area contributed by atoms with Gasteiger partial charge in [-0.2, -0.15) is 0 Å². The van der Waals surface area contributed by atoms with E-state index < -0.39 is 0 Å². The monoisotopic (exact) mass is 357 g/mol. The molecule has 1 fully saturated rings. The quantitative estimate of drug-likeness (QED) is 0.795. The molecule has 3 atom stereocenters. The molecule has 100 valence electrons. The summed E-state index contributed by atoms with van der Waals surface area (Å²) >= 11 is 2.38. The third-order valence-electron chi connectivity index (χ3n) is 4.12. The Hall–Kier alpha value is -0.0900. The Balaban J connectivity index is 2.01. The second-order valence-corrected chi connectivity index (χ2v) is 6.92. The number of hydrogen-bond acceptors (Lipinski definition) is 1. The summed E-state index contributed by atoms with van der Waals surface area (Å²) in [6.07, 6.45) is 5.35. The summed E-state index contributed by atoms with van der Waals surface area (Å²) in [5.74, 6) is 1.71. The maximum absolute atomic E-state index is 3.69. The normalized spacial score (nSPS) is 28.3. The third kappa shape index (κ3) is 3.95. The lowest BCUT2D eigenvalue weighted by Crippen LogP contribution is -2.41. The molecule has 0 bridgehead atoms. The molecule has 18 heavy (non-hydrogen) atoms. The summed E-state index contributed by atoms with van der Waals surface area (Å²) in [5.41, 5.74) is 1.50. The average Bonchev–Trinajstić information content (AvgIpc) is 2.36. The SMILES string of the molecule is CCNC1CCC(C)CC1Cc1ccc(I)cc1. The van der Waals surface area contributed by atoms with Crippen molar-refractivity contribution in [2.75, 3.05) is 6.54 Å². The molecule has 0 saturated heterocycles. The number of hydrogen-bond donors (Lipinski definition) is 1. The molecule has 1 nitrogen and oxygen atoms in total. The zero-order valence-electron chi connectivity index (χ0n) is 11.5. The van der Waals surface area contributed by atoms with Crippen molar-refractivity contribution in [3.8, 4) is 0 Å². The molecule has 0 heterocycles. The fourth-order valence-corrected chi connectivity index (χ4v) is 3.54. The lowest BCUT2D eigenvalue weighted by atomic mass is 9.76. The molecule has 1 saturated carbocycles. The highest BCUT2D eigenvalue weighted by Crippen LogP contribution is 2.31. The van der Waals surface area contributed by atoms with Gasteiger partial charge in [0.2, 0.25) is 0 Å². The van der Waals surface area contributed by atoms with Crippen LogP contribution in [0, 0.1) is 15.4 Å². The number of nitrogens with one attached hydrogen (secondary N) is 1. The van der Waals surface area contributed by atoms with Gasteiger partial charge in [0.1, 0.15) is 0 Å². The smallest absolute Gasteiger partial charge is 0.0130 e. The van der Waals surface area contributed by atoms with Gasteiger partial charge in [0, 0.05) is 9.61 Å². The minimum atomic E-state index is 0.727. The highest BCUT2D eigenvalue weighted by molar-refractivity contribution is 14.1. The summed E-state index contributed by atoms with van der Waals surface area (Å²) in [5, 5.41) is 3.69. The minimum absolute atomic E-state index is 0.727. The van der Waals surface area contributed by atoms with Gasteiger partial charge in [0.15, 0.2) is 0 Å². The number of halogens is 1. The molecule has 1 aromatic rings. The maximum atomic E-state index is 3.69. The van der Waals surface area contributed by atoms with E-state index in [-0.39, 0.29) is 0 Å². The Morgan fingerprint density at radius 3 is 2.61 bits per heavy atom. The summed E-state index contributed by atoms with van der Waals surface area (Å²) in [4.78, 5) is 0. The van der Waals surface area contributed by atoms with Crippen molar-refractivity contribution in [1.29, 1.82) is 0 Å². The van der Waals surface area contributed by atoms with E-state index in [1.807, 2.05) is 0 Å². The predicted octanol–water partition coefficient (Wildman–Crippen LogP) is 4.25. The van der Waals surface area contributed by atoms with Crippen LogP contribution >= 0.6 is 22.6 Å². The van der Waals surface area contributed by atoms with Crippen LogP contribution in [0.3, 0.4) is 0 Å². The van der Waals surface area contributed by atoms with Crippen LogP contribution in [0.5, 0.6) is 0 Å². The molecule has 1 aliphatic rings. The van der Waals surface area contributed by atoms with Crippen LogP contribution < -0.4 is 5.32 Å². The van der Waals surface area contributed by atoms with E-state index in [0.29, 0.717) is 0 Å². The fourth-order valence-electron chi connectivity index (χ4n) is 3.18. The molecular weight excluding hydrogens is 333 g/mol. The van der Waals surface area contributed by atoms with E-state index in [4.69, 9.17) is 0 Å². The first-order valence-corrected chi connectivity index (χ1v) is 8.24. The molecule has 2 heteroatoms. The lowest BCUT2D eigenvalue weighted by molar-refractivity contribution is 0.214. The Morgan fingerprint density at radius 2 is 1.94 bits per heavy atom. The van der Waals surface area contributed by atoms with Crippen molar-refractivity contribution in [2.45, 2.75) is 45.6 Å². The summed E-state index contributed by atoms with van der Waals surface area (Å²) < 4.78 is 1.33. The van der Waals surface area contributed by atoms with Gasteiger partial charge in [-0.05, 0) is 84.4 Å². The molecule has 0 aliphatic heterocycles. The Labute approximate surface area is 125 Å². The molecule has 1 aliphatic carbocycles. The Morgan fingerprint density at radius 1 is 1.22 bits per heavy atom. The standard InChI is InChI=1S/C16H24IN/c1-3-18-16-9-4-12(2)10-14(16)11-13-5-7-15(17)8-6-13/h5-8,12,14,16,18H,3-4,9-11H2,1-2H3. The fraction of sp³-hybridized carbons (Fsp3) is 0.625. The van der Waals surface area contributed by atoms with Crippen LogP contribution in [0.2, 0.25) is 0 Å². The number of benzene rings is 1. The second kappa shape index (κ2) is 6.90. The first-order valence-electron chi connectivity index (χ1n) is 7.17. The van der Waals surface area contributed by atoms with Gasteiger partial charge in [0.05, 0.1) is 0 Å². The molecule has 2 rings (SSSR count). The van der Waals surface area contributed by atoms with Crippen molar-refractivity contribution in [3.63, 3.8) is 0 Å². The highest BCUT2D eigenvalue weighted by atomic mass is 127. The van der Waals surface area contributed by atoms with Gasteiger partial charge in [-0.1, -0.05) is 26.0 Å². The van der Waals surface area contributed by atoms with Gasteiger partial charge in [-0.3, -0.25) is 0 Å². The van der Waals surface area contributed by atoms with Crippen molar-refractivity contribution < 1.29 is 0 Å². The first kappa shape index (κ1) is 14.3. The van der Waals surface area contributed by atoms with Crippen LogP contribution in [0.15, 0.2) is 24.3 Å². The van der Waals surface area contributed by atoms with Gasteiger partial charge in [0.25, 0.3) is 0 Å². The highest BCUT2D eigenvalue weighted by Gasteiger charge is 2.27. The lowest BCUT2D eigenvalue weighted by Gasteiger charge is -2.35. The van der Waals surface area contributed by atoms with Crippen molar-refractivity contribution >= 4 is 22.6 Å². The van der Waals surface area contributed by atoms with Crippen LogP contribution in [0.4, 0.5) is 0 Å². The molecule has 0 spiro atoms. The zero-order chi connectivity index (χ0) is 13.0. The van der Waals surface area contributed by atoms with Gasteiger partial charge < -0.3 is 5.32 Å². The van der Waals surface area contributed by atoms with Crippen molar-refractivity contribution in [1.82, 2.24) is 5.32 Å². The topological polar surface area (TPSA) is 12.0 Å². The van der Waals surface area contributed by atoms with E-state index >= 15 is 0 Å². The first-order chi connectivity index (χ1) is 8.69. The molecule has 0 aromatic heterocycles. The largest absolute Gasteiger partial charge is 0.314 e. The van der Waals surface area contributed by atoms with Gasteiger partial charge >= 0.3 is 0 Å². The van der Waals surface area contributed by atoms with Crippen LogP contribution in [-0.2, 0) is 6.42 Å². The summed E-state index contributed by atoms with van der Waals surface area (Å²) in [7, 11) is 0. The van der Waals surface area contributed by atoms with E-state index in [1.165, 1.54) is 34.8 Å². The van der Waals surface area contributed by atoms with E-state index in [1.54, 1.807) is 0 Å². The third-order valence-corrected chi connectivity index (χ3v) is 4.84. The molecule has 1 N–H and O–H groups in total. The Kier molecular flexibility index (Phi) is 5.49. The van der Waals surface area contributed by atoms with Crippen molar-refractivity contribution in [2.24, 2.45) is 11.8 Å². The molecule has 3 unspecified atom stereocenters. The summed E-state index contributed by atoms with van der Waals surface area (Å²) in [6.45, 7) is 5.73. The minimum Gasteiger partial charge on any atom is -0.314 e. The maximum Gasteiger partial charge on any atom is 0.0130 e. The summed E-state index contributed by atoms with van der Waals surface area (Å²) in [6, 6.07) is 9.77. The average molecular weight is 357 g/mol. The van der Waals surface area contributed by atoms with E-state index in [2.05, 4.69) is 66.0 Å². The molecule has 0 radical (unpaired) electrons. The van der Waals surface area contributed by atoms with E-state index in [0.717, 1.165) is 24.4 Å². The predicted molar refractivity (Wildman–Crippen MR) is 86.8 cm³/mol. The van der Waals surface area contributed by atoms with Gasteiger partial charge in [-0.15, -0.1) is 0 Å². The van der Waals surface area contributed by atoms with Crippen LogP contribution in [0.1, 0.15) is 38.7 Å². The van der Waals surface area contributed by atoms with E-state index in [9.17, 15) is 0 Å². The Bertz CT molecular complexity index is 360. The molecule has 1 aromatic carbocycles.